The van der Waals surface area contributed by atoms with Gasteiger partial charge in [-0.2, -0.15) is 9.61 Å². The van der Waals surface area contributed by atoms with Crippen molar-refractivity contribution >= 4 is 27.9 Å². The molecule has 9 heteroatoms. The molecule has 4 aromatic rings. The Balaban J connectivity index is 1.43. The number of likely N-dealkylation sites (N-methyl/N-ethyl adjacent to an activating group) is 1. The molecule has 0 spiro atoms. The van der Waals surface area contributed by atoms with Gasteiger partial charge in [0.1, 0.15) is 18.0 Å². The number of nitrogens with zero attached hydrogens (tertiary/aromatic N) is 6. The summed E-state index contributed by atoms with van der Waals surface area (Å²) in [7, 11) is 2.03. The van der Waals surface area contributed by atoms with E-state index in [9.17, 15) is 0 Å². The number of anilines is 2. The van der Waals surface area contributed by atoms with Gasteiger partial charge in [0, 0.05) is 18.5 Å². The number of aromatic nitrogens is 5. The summed E-state index contributed by atoms with van der Waals surface area (Å²) in [6, 6.07) is 10.8. The number of rotatable bonds is 3. The Morgan fingerprint density at radius 2 is 2.03 bits per heavy atom. The normalized spacial score (nSPS) is 17.0. The zero-order valence-electron chi connectivity index (χ0n) is 17.4. The first kappa shape index (κ1) is 18.3. The molecular formula is C22H24N8O. The third kappa shape index (κ3) is 3.12. The lowest BCUT2D eigenvalue weighted by molar-refractivity contribution is 0.312. The van der Waals surface area contributed by atoms with E-state index in [0.717, 1.165) is 66.2 Å². The molecule has 2 aliphatic rings. The topological polar surface area (TPSA) is 92.5 Å². The molecule has 0 unspecified atom stereocenters. The molecular weight excluding hydrogens is 392 g/mol. The number of fused-ring (bicyclic) bond motifs is 4. The summed E-state index contributed by atoms with van der Waals surface area (Å²) in [6.45, 7) is 3.52. The van der Waals surface area contributed by atoms with E-state index in [4.69, 9.17) is 9.72 Å². The van der Waals surface area contributed by atoms with Gasteiger partial charge < -0.3 is 20.3 Å². The van der Waals surface area contributed by atoms with E-state index >= 15 is 0 Å². The number of pyridine rings is 1. The maximum Gasteiger partial charge on any atom is 0.222 e. The van der Waals surface area contributed by atoms with Gasteiger partial charge in [0.15, 0.2) is 5.75 Å². The van der Waals surface area contributed by atoms with Crippen molar-refractivity contribution in [3.05, 3.63) is 36.5 Å². The van der Waals surface area contributed by atoms with Gasteiger partial charge in [-0.05, 0) is 38.1 Å². The molecule has 1 aromatic carbocycles. The Kier molecular flexibility index (Phi) is 4.34. The van der Waals surface area contributed by atoms with Crippen LogP contribution in [-0.4, -0.2) is 64.1 Å². The molecule has 0 bridgehead atoms. The molecule has 0 radical (unpaired) electrons. The number of piperidine rings is 1. The van der Waals surface area contributed by atoms with Crippen molar-refractivity contribution < 1.29 is 4.74 Å². The zero-order valence-corrected chi connectivity index (χ0v) is 17.4. The summed E-state index contributed by atoms with van der Waals surface area (Å²) in [5, 5.41) is 21.6. The molecule has 1 fully saturated rings. The van der Waals surface area contributed by atoms with Gasteiger partial charge >= 0.3 is 0 Å². The van der Waals surface area contributed by atoms with Gasteiger partial charge in [0.25, 0.3) is 0 Å². The summed E-state index contributed by atoms with van der Waals surface area (Å²) in [5.41, 5.74) is 4.26. The predicted molar refractivity (Wildman–Crippen MR) is 120 cm³/mol. The molecule has 6 rings (SSSR count). The van der Waals surface area contributed by atoms with Crippen LogP contribution in [0.15, 0.2) is 36.5 Å². The smallest absolute Gasteiger partial charge is 0.222 e. The van der Waals surface area contributed by atoms with Crippen LogP contribution < -0.4 is 20.3 Å². The Bertz CT molecular complexity index is 1260. The van der Waals surface area contributed by atoms with Crippen molar-refractivity contribution in [2.45, 2.75) is 18.9 Å². The fourth-order valence-electron chi connectivity index (χ4n) is 4.37. The average molecular weight is 416 g/mol. The summed E-state index contributed by atoms with van der Waals surface area (Å²) in [5.74, 6) is 1.32. The Morgan fingerprint density at radius 3 is 2.94 bits per heavy atom. The van der Waals surface area contributed by atoms with Crippen LogP contribution in [0.1, 0.15) is 12.8 Å². The molecule has 5 heterocycles. The van der Waals surface area contributed by atoms with Crippen molar-refractivity contribution in [3.63, 3.8) is 0 Å². The maximum atomic E-state index is 5.89. The summed E-state index contributed by atoms with van der Waals surface area (Å²) < 4.78 is 7.61. The van der Waals surface area contributed by atoms with Gasteiger partial charge in [-0.3, -0.25) is 0 Å². The minimum Gasteiger partial charge on any atom is -0.486 e. The Labute approximate surface area is 179 Å². The van der Waals surface area contributed by atoms with Crippen LogP contribution in [0.3, 0.4) is 0 Å². The first-order chi connectivity index (χ1) is 15.3. The molecule has 0 saturated carbocycles. The highest BCUT2D eigenvalue weighted by molar-refractivity contribution is 5.92. The SMILES string of the molecule is CN1CCOc2c1cnn1c(-c3ccc4cccc(NC5CCNCC5)c4n3)nnc21. The largest absolute Gasteiger partial charge is 0.486 e. The van der Waals surface area contributed by atoms with E-state index in [1.165, 1.54) is 0 Å². The van der Waals surface area contributed by atoms with Gasteiger partial charge in [-0.15, -0.1) is 10.2 Å². The Morgan fingerprint density at radius 1 is 1.13 bits per heavy atom. The molecule has 158 valence electrons. The molecule has 2 aliphatic heterocycles. The fraction of sp³-hybridized carbons (Fsp3) is 0.364. The molecule has 0 atom stereocenters. The second-order valence-electron chi connectivity index (χ2n) is 8.13. The van der Waals surface area contributed by atoms with E-state index in [1.54, 1.807) is 10.7 Å². The first-order valence-corrected chi connectivity index (χ1v) is 10.7. The molecule has 9 nitrogen and oxygen atoms in total. The number of ether oxygens (including phenoxy) is 1. The molecule has 1 saturated heterocycles. The minimum absolute atomic E-state index is 0.452. The zero-order chi connectivity index (χ0) is 20.8. The van der Waals surface area contributed by atoms with Crippen molar-refractivity contribution in [2.24, 2.45) is 0 Å². The third-order valence-corrected chi connectivity index (χ3v) is 6.10. The van der Waals surface area contributed by atoms with Crippen LogP contribution in [-0.2, 0) is 0 Å². The van der Waals surface area contributed by atoms with Crippen LogP contribution in [0.25, 0.3) is 28.1 Å². The second-order valence-corrected chi connectivity index (χ2v) is 8.13. The Hall–Kier alpha value is -3.46. The summed E-state index contributed by atoms with van der Waals surface area (Å²) in [4.78, 5) is 7.09. The number of hydrogen-bond donors (Lipinski definition) is 2. The van der Waals surface area contributed by atoms with E-state index in [1.807, 2.05) is 13.1 Å². The van der Waals surface area contributed by atoms with Crippen LogP contribution >= 0.6 is 0 Å². The van der Waals surface area contributed by atoms with Crippen LogP contribution in [0.2, 0.25) is 0 Å². The van der Waals surface area contributed by atoms with Crippen molar-refractivity contribution in [3.8, 4) is 17.3 Å². The summed E-state index contributed by atoms with van der Waals surface area (Å²) in [6.07, 6.45) is 4.02. The van der Waals surface area contributed by atoms with Crippen LogP contribution in [0.5, 0.6) is 5.75 Å². The van der Waals surface area contributed by atoms with Gasteiger partial charge in [0.05, 0.1) is 23.9 Å². The monoisotopic (exact) mass is 416 g/mol. The maximum absolute atomic E-state index is 5.89. The molecule has 0 aliphatic carbocycles. The fourth-order valence-corrected chi connectivity index (χ4v) is 4.37. The van der Waals surface area contributed by atoms with E-state index < -0.39 is 0 Å². The quantitative estimate of drug-likeness (QED) is 0.526. The lowest BCUT2D eigenvalue weighted by atomic mass is 10.1. The number of nitrogens with one attached hydrogen (secondary N) is 2. The van der Waals surface area contributed by atoms with E-state index in [0.29, 0.717) is 24.1 Å². The van der Waals surface area contributed by atoms with E-state index in [2.05, 4.69) is 55.1 Å². The molecule has 3 aromatic heterocycles. The molecule has 31 heavy (non-hydrogen) atoms. The minimum atomic E-state index is 0.452. The predicted octanol–water partition coefficient (Wildman–Crippen LogP) is 2.33. The third-order valence-electron chi connectivity index (χ3n) is 6.10. The highest BCUT2D eigenvalue weighted by atomic mass is 16.5. The standard InChI is InChI=1S/C22H24N8O/c1-29-11-12-31-20-18(29)13-24-30-21(27-28-22(20)30)17-6-5-14-3-2-4-16(19(14)26-17)25-15-7-9-23-10-8-15/h2-6,13,15,23,25H,7-12H2,1H3. The first-order valence-electron chi connectivity index (χ1n) is 10.7. The van der Waals surface area contributed by atoms with Gasteiger partial charge in [-0.25, -0.2) is 4.98 Å². The molecule has 2 N–H and O–H groups in total. The van der Waals surface area contributed by atoms with Crippen molar-refractivity contribution in [1.82, 2.24) is 30.1 Å². The number of hydrogen-bond acceptors (Lipinski definition) is 8. The second kappa shape index (κ2) is 7.35. The lowest BCUT2D eigenvalue weighted by Crippen LogP contribution is -2.35. The van der Waals surface area contributed by atoms with Gasteiger partial charge in [-0.1, -0.05) is 18.2 Å². The average Bonchev–Trinajstić information content (AvgIpc) is 3.25. The number of para-hydroxylation sites is 1. The highest BCUT2D eigenvalue weighted by Crippen LogP contribution is 2.34. The van der Waals surface area contributed by atoms with Gasteiger partial charge in [0.2, 0.25) is 11.5 Å². The summed E-state index contributed by atoms with van der Waals surface area (Å²) >= 11 is 0. The van der Waals surface area contributed by atoms with Crippen LogP contribution in [0, 0.1) is 0 Å². The number of benzene rings is 1. The van der Waals surface area contributed by atoms with Crippen LogP contribution in [0.4, 0.5) is 11.4 Å². The highest BCUT2D eigenvalue weighted by Gasteiger charge is 2.23. The lowest BCUT2D eigenvalue weighted by Gasteiger charge is -2.26. The molecule has 0 amide bonds. The van der Waals surface area contributed by atoms with Crippen molar-refractivity contribution in [2.75, 3.05) is 43.5 Å². The van der Waals surface area contributed by atoms with Crippen molar-refractivity contribution in [1.29, 1.82) is 0 Å². The van der Waals surface area contributed by atoms with E-state index in [-0.39, 0.29) is 0 Å².